The maximum absolute atomic E-state index is 12.6. The molecule has 0 saturated carbocycles. The van der Waals surface area contributed by atoms with Gasteiger partial charge in [0.25, 0.3) is 5.91 Å². The molecule has 1 N–H and O–H groups in total. The first-order valence-corrected chi connectivity index (χ1v) is 7.05. The van der Waals surface area contributed by atoms with Gasteiger partial charge in [0.15, 0.2) is 0 Å². The number of rotatable bonds is 4. The lowest BCUT2D eigenvalue weighted by atomic mass is 10.1. The second-order valence-corrected chi connectivity index (χ2v) is 5.22. The van der Waals surface area contributed by atoms with E-state index in [1.165, 1.54) is 12.5 Å². The zero-order valence-corrected chi connectivity index (χ0v) is 12.3. The fraction of sp³-hybridized carbons (Fsp3) is 0.571. The Balaban J connectivity index is 2.18. The molecule has 0 spiro atoms. The van der Waals surface area contributed by atoms with Crippen molar-refractivity contribution in [2.45, 2.75) is 25.8 Å². The highest BCUT2D eigenvalue weighted by atomic mass is 16.4. The van der Waals surface area contributed by atoms with Crippen molar-refractivity contribution in [3.63, 3.8) is 0 Å². The molecular formula is C14H20N4O3. The average Bonchev–Trinajstić information content (AvgIpc) is 2.47. The monoisotopic (exact) mass is 292 g/mol. The minimum Gasteiger partial charge on any atom is -0.480 e. The molecule has 1 amide bonds. The van der Waals surface area contributed by atoms with Crippen LogP contribution in [0.15, 0.2) is 12.5 Å². The number of nitrogens with zero attached hydrogens (tertiary/aromatic N) is 4. The van der Waals surface area contributed by atoms with Gasteiger partial charge in [-0.25, -0.2) is 9.97 Å². The lowest BCUT2D eigenvalue weighted by molar-refractivity contribution is -0.144. The third-order valence-corrected chi connectivity index (χ3v) is 3.73. The zero-order valence-electron chi connectivity index (χ0n) is 12.3. The molecule has 1 atom stereocenters. The number of likely N-dealkylation sites (N-methyl/N-ethyl adjacent to an activating group) is 1. The van der Waals surface area contributed by atoms with Gasteiger partial charge in [-0.05, 0) is 13.5 Å². The van der Waals surface area contributed by atoms with E-state index in [2.05, 4.69) is 9.97 Å². The molecule has 1 aliphatic heterocycles. The van der Waals surface area contributed by atoms with Gasteiger partial charge in [-0.1, -0.05) is 13.3 Å². The highest BCUT2D eigenvalue weighted by molar-refractivity contribution is 5.95. The van der Waals surface area contributed by atoms with E-state index in [-0.39, 0.29) is 12.5 Å². The number of carboxylic acids is 1. The second-order valence-electron chi connectivity index (χ2n) is 5.22. The molecule has 0 aromatic carbocycles. The van der Waals surface area contributed by atoms with Crippen LogP contribution in [0.4, 0.5) is 0 Å². The standard InChI is InChI=1S/C14H20N4O3/c1-3-4-11-10(7-15-9-16-11)13(19)18-6-5-17(2)12(8-18)14(20)21/h7,9,12H,3-6,8H2,1-2H3,(H,20,21)/t12-/m0/s1. The molecule has 7 nitrogen and oxygen atoms in total. The molecule has 7 heteroatoms. The van der Waals surface area contributed by atoms with Gasteiger partial charge < -0.3 is 10.0 Å². The molecule has 0 aliphatic carbocycles. The van der Waals surface area contributed by atoms with E-state index in [1.54, 1.807) is 16.8 Å². The van der Waals surface area contributed by atoms with Crippen molar-refractivity contribution in [2.75, 3.05) is 26.7 Å². The molecule has 1 aromatic rings. The Labute approximate surface area is 123 Å². The number of piperazine rings is 1. The molecule has 0 bridgehead atoms. The van der Waals surface area contributed by atoms with Crippen LogP contribution in [0.3, 0.4) is 0 Å². The van der Waals surface area contributed by atoms with Crippen LogP contribution in [-0.2, 0) is 11.2 Å². The Hall–Kier alpha value is -2.02. The van der Waals surface area contributed by atoms with E-state index in [0.29, 0.717) is 25.1 Å². The Morgan fingerprint density at radius 1 is 1.43 bits per heavy atom. The van der Waals surface area contributed by atoms with Crippen molar-refractivity contribution >= 4 is 11.9 Å². The summed E-state index contributed by atoms with van der Waals surface area (Å²) in [5.74, 6) is -1.09. The molecule has 0 unspecified atom stereocenters. The third kappa shape index (κ3) is 3.36. The van der Waals surface area contributed by atoms with Crippen molar-refractivity contribution in [3.05, 3.63) is 23.8 Å². The molecule has 2 rings (SSSR count). The Kier molecular flexibility index (Phi) is 4.85. The summed E-state index contributed by atoms with van der Waals surface area (Å²) in [6.07, 6.45) is 4.55. The van der Waals surface area contributed by atoms with Crippen LogP contribution in [-0.4, -0.2) is 69.5 Å². The van der Waals surface area contributed by atoms with Crippen LogP contribution in [0.25, 0.3) is 0 Å². The summed E-state index contributed by atoms with van der Waals surface area (Å²) in [6, 6.07) is -0.665. The second kappa shape index (κ2) is 6.62. The third-order valence-electron chi connectivity index (χ3n) is 3.73. The highest BCUT2D eigenvalue weighted by Gasteiger charge is 2.33. The fourth-order valence-corrected chi connectivity index (χ4v) is 2.46. The van der Waals surface area contributed by atoms with E-state index in [1.807, 2.05) is 6.92 Å². The lowest BCUT2D eigenvalue weighted by Gasteiger charge is -2.37. The minimum absolute atomic E-state index is 0.182. The van der Waals surface area contributed by atoms with Crippen LogP contribution in [0.1, 0.15) is 29.4 Å². The summed E-state index contributed by atoms with van der Waals surface area (Å²) >= 11 is 0. The fourth-order valence-electron chi connectivity index (χ4n) is 2.46. The van der Waals surface area contributed by atoms with E-state index >= 15 is 0 Å². The maximum atomic E-state index is 12.6. The largest absolute Gasteiger partial charge is 0.480 e. The van der Waals surface area contributed by atoms with Crippen LogP contribution in [0.5, 0.6) is 0 Å². The molecular weight excluding hydrogens is 272 g/mol. The SMILES string of the molecule is CCCc1ncncc1C(=O)N1CCN(C)[C@H](C(=O)O)C1. The predicted molar refractivity (Wildman–Crippen MR) is 76.0 cm³/mol. The van der Waals surface area contributed by atoms with Gasteiger partial charge in [0.1, 0.15) is 12.4 Å². The first-order chi connectivity index (χ1) is 10.0. The summed E-state index contributed by atoms with van der Waals surface area (Å²) in [5.41, 5.74) is 1.20. The number of aryl methyl sites for hydroxylation is 1. The van der Waals surface area contributed by atoms with E-state index in [9.17, 15) is 14.7 Å². The molecule has 1 fully saturated rings. The van der Waals surface area contributed by atoms with E-state index in [4.69, 9.17) is 0 Å². The highest BCUT2D eigenvalue weighted by Crippen LogP contribution is 2.14. The topological polar surface area (TPSA) is 86.6 Å². The smallest absolute Gasteiger partial charge is 0.322 e. The summed E-state index contributed by atoms with van der Waals surface area (Å²) in [4.78, 5) is 35.3. The zero-order chi connectivity index (χ0) is 15.4. The minimum atomic E-state index is -0.909. The summed E-state index contributed by atoms with van der Waals surface area (Å²) < 4.78 is 0. The van der Waals surface area contributed by atoms with Crippen molar-refractivity contribution in [1.29, 1.82) is 0 Å². The molecule has 0 radical (unpaired) electrons. The summed E-state index contributed by atoms with van der Waals surface area (Å²) in [7, 11) is 1.76. The Morgan fingerprint density at radius 3 is 2.86 bits per heavy atom. The van der Waals surface area contributed by atoms with Gasteiger partial charge in [-0.15, -0.1) is 0 Å². The van der Waals surface area contributed by atoms with Crippen LogP contribution in [0, 0.1) is 0 Å². The van der Waals surface area contributed by atoms with Gasteiger partial charge in [-0.2, -0.15) is 0 Å². The molecule has 2 heterocycles. The van der Waals surface area contributed by atoms with Crippen molar-refractivity contribution in [1.82, 2.24) is 19.8 Å². The Morgan fingerprint density at radius 2 is 2.19 bits per heavy atom. The molecule has 21 heavy (non-hydrogen) atoms. The normalized spacial score (nSPS) is 19.5. The van der Waals surface area contributed by atoms with Gasteiger partial charge in [-0.3, -0.25) is 14.5 Å². The number of hydrogen-bond donors (Lipinski definition) is 1. The molecule has 1 aliphatic rings. The number of carbonyl (C=O) groups excluding carboxylic acids is 1. The van der Waals surface area contributed by atoms with E-state index < -0.39 is 12.0 Å². The summed E-state index contributed by atoms with van der Waals surface area (Å²) in [5, 5.41) is 9.21. The van der Waals surface area contributed by atoms with Crippen LogP contribution < -0.4 is 0 Å². The maximum Gasteiger partial charge on any atom is 0.322 e. The van der Waals surface area contributed by atoms with Gasteiger partial charge in [0.2, 0.25) is 0 Å². The van der Waals surface area contributed by atoms with Crippen molar-refractivity contribution in [3.8, 4) is 0 Å². The number of carboxylic acid groups (broad SMARTS) is 1. The number of hydrogen-bond acceptors (Lipinski definition) is 5. The van der Waals surface area contributed by atoms with E-state index in [0.717, 1.165) is 12.1 Å². The first-order valence-electron chi connectivity index (χ1n) is 7.05. The summed E-state index contributed by atoms with van der Waals surface area (Å²) in [6.45, 7) is 3.26. The van der Waals surface area contributed by atoms with Gasteiger partial charge >= 0.3 is 5.97 Å². The average molecular weight is 292 g/mol. The number of aliphatic carboxylic acids is 1. The van der Waals surface area contributed by atoms with Crippen LogP contribution in [0.2, 0.25) is 0 Å². The van der Waals surface area contributed by atoms with Gasteiger partial charge in [0.05, 0.1) is 11.3 Å². The van der Waals surface area contributed by atoms with Crippen molar-refractivity contribution in [2.24, 2.45) is 0 Å². The van der Waals surface area contributed by atoms with Gasteiger partial charge in [0, 0.05) is 25.8 Å². The molecule has 114 valence electrons. The van der Waals surface area contributed by atoms with Crippen molar-refractivity contribution < 1.29 is 14.7 Å². The molecule has 1 aromatic heterocycles. The first kappa shape index (κ1) is 15.4. The quantitative estimate of drug-likeness (QED) is 0.857. The van der Waals surface area contributed by atoms with Crippen LogP contribution >= 0.6 is 0 Å². The molecule has 1 saturated heterocycles. The lowest BCUT2D eigenvalue weighted by Crippen LogP contribution is -2.56. The number of aromatic nitrogens is 2. The Bertz CT molecular complexity index is 535. The predicted octanol–water partition coefficient (Wildman–Crippen LogP) is 0.270. The number of amides is 1. The number of carbonyl (C=O) groups is 2.